The van der Waals surface area contributed by atoms with Gasteiger partial charge in [-0.05, 0) is 12.2 Å². The SMILES string of the molecule is CN1C=CC=C2C1=NCN2C. The number of hydrogen-bond acceptors (Lipinski definition) is 3. The summed E-state index contributed by atoms with van der Waals surface area (Å²) in [4.78, 5) is 8.54. The lowest BCUT2D eigenvalue weighted by atomic mass is 10.3. The van der Waals surface area contributed by atoms with Crippen molar-refractivity contribution < 1.29 is 0 Å². The molecule has 0 aromatic carbocycles. The van der Waals surface area contributed by atoms with Crippen molar-refractivity contribution in [2.45, 2.75) is 0 Å². The normalized spacial score (nSPS) is 21.6. The zero-order valence-corrected chi connectivity index (χ0v) is 6.78. The Labute approximate surface area is 66.3 Å². The first kappa shape index (κ1) is 6.46. The van der Waals surface area contributed by atoms with Crippen molar-refractivity contribution in [2.24, 2.45) is 4.99 Å². The molecule has 0 aromatic rings. The van der Waals surface area contributed by atoms with Crippen LogP contribution in [0.15, 0.2) is 29.0 Å². The van der Waals surface area contributed by atoms with Crippen molar-refractivity contribution in [3.8, 4) is 0 Å². The van der Waals surface area contributed by atoms with Crippen LogP contribution in [0.3, 0.4) is 0 Å². The fourth-order valence-corrected chi connectivity index (χ4v) is 1.33. The van der Waals surface area contributed by atoms with Crippen molar-refractivity contribution >= 4 is 5.84 Å². The highest BCUT2D eigenvalue weighted by Crippen LogP contribution is 2.17. The Morgan fingerprint density at radius 2 is 2.27 bits per heavy atom. The first-order valence-electron chi connectivity index (χ1n) is 3.66. The van der Waals surface area contributed by atoms with Gasteiger partial charge in [0, 0.05) is 20.3 Å². The van der Waals surface area contributed by atoms with E-state index in [4.69, 9.17) is 0 Å². The topological polar surface area (TPSA) is 18.8 Å². The average molecular weight is 149 g/mol. The van der Waals surface area contributed by atoms with Crippen LogP contribution in [0.1, 0.15) is 0 Å². The highest BCUT2D eigenvalue weighted by atomic mass is 15.3. The van der Waals surface area contributed by atoms with Crippen molar-refractivity contribution in [2.75, 3.05) is 20.8 Å². The predicted molar refractivity (Wildman–Crippen MR) is 45.1 cm³/mol. The number of hydrogen-bond donors (Lipinski definition) is 0. The maximum absolute atomic E-state index is 4.37. The molecule has 0 aromatic heterocycles. The lowest BCUT2D eigenvalue weighted by molar-refractivity contribution is 0.474. The van der Waals surface area contributed by atoms with Crippen LogP contribution in [-0.2, 0) is 0 Å². The summed E-state index contributed by atoms with van der Waals surface area (Å²) in [6, 6.07) is 0. The number of nitrogens with zero attached hydrogens (tertiary/aromatic N) is 3. The molecule has 2 aliphatic rings. The van der Waals surface area contributed by atoms with Crippen LogP contribution in [0.25, 0.3) is 0 Å². The second kappa shape index (κ2) is 2.12. The molecule has 0 saturated heterocycles. The van der Waals surface area contributed by atoms with Crippen LogP contribution in [0.4, 0.5) is 0 Å². The van der Waals surface area contributed by atoms with Gasteiger partial charge in [0.15, 0.2) is 5.84 Å². The zero-order chi connectivity index (χ0) is 7.84. The maximum atomic E-state index is 4.37. The summed E-state index contributed by atoms with van der Waals surface area (Å²) in [5.41, 5.74) is 1.22. The highest BCUT2D eigenvalue weighted by Gasteiger charge is 2.21. The van der Waals surface area contributed by atoms with Crippen molar-refractivity contribution in [3.63, 3.8) is 0 Å². The van der Waals surface area contributed by atoms with E-state index in [1.165, 1.54) is 5.70 Å². The molecule has 0 N–H and O–H groups in total. The van der Waals surface area contributed by atoms with Crippen molar-refractivity contribution in [1.29, 1.82) is 0 Å². The summed E-state index contributed by atoms with van der Waals surface area (Å²) in [6.07, 6.45) is 6.14. The molecule has 0 fully saturated rings. The Kier molecular flexibility index (Phi) is 1.24. The molecule has 11 heavy (non-hydrogen) atoms. The van der Waals surface area contributed by atoms with Gasteiger partial charge in [0.1, 0.15) is 6.67 Å². The quantitative estimate of drug-likeness (QED) is 0.503. The lowest BCUT2D eigenvalue weighted by Gasteiger charge is -2.21. The van der Waals surface area contributed by atoms with Gasteiger partial charge in [-0.25, -0.2) is 4.99 Å². The molecule has 0 atom stereocenters. The van der Waals surface area contributed by atoms with Gasteiger partial charge in [-0.3, -0.25) is 0 Å². The van der Waals surface area contributed by atoms with Crippen molar-refractivity contribution in [3.05, 3.63) is 24.0 Å². The number of likely N-dealkylation sites (N-methyl/N-ethyl adjacent to an activating group) is 2. The van der Waals surface area contributed by atoms with Crippen LogP contribution in [0.2, 0.25) is 0 Å². The summed E-state index contributed by atoms with van der Waals surface area (Å²) in [6.45, 7) is 0.785. The fourth-order valence-electron chi connectivity index (χ4n) is 1.33. The Morgan fingerprint density at radius 3 is 3.00 bits per heavy atom. The Bertz CT molecular complexity index is 263. The smallest absolute Gasteiger partial charge is 0.153 e. The molecule has 0 radical (unpaired) electrons. The van der Waals surface area contributed by atoms with E-state index in [-0.39, 0.29) is 0 Å². The van der Waals surface area contributed by atoms with Gasteiger partial charge in [-0.2, -0.15) is 0 Å². The standard InChI is InChI=1S/C8H11N3/c1-10-5-3-4-7-8(10)9-6-11(7)2/h3-5H,6H2,1-2H3. The Balaban J connectivity index is 2.38. The third-order valence-corrected chi connectivity index (χ3v) is 1.97. The second-order valence-corrected chi connectivity index (χ2v) is 2.83. The van der Waals surface area contributed by atoms with Gasteiger partial charge >= 0.3 is 0 Å². The number of amidine groups is 1. The van der Waals surface area contributed by atoms with Gasteiger partial charge in [-0.15, -0.1) is 0 Å². The summed E-state index contributed by atoms with van der Waals surface area (Å²) < 4.78 is 0. The Morgan fingerprint density at radius 1 is 1.45 bits per heavy atom. The van der Waals surface area contributed by atoms with Crippen molar-refractivity contribution in [1.82, 2.24) is 9.80 Å². The summed E-state index contributed by atoms with van der Waals surface area (Å²) in [5, 5.41) is 0. The molecule has 58 valence electrons. The van der Waals surface area contributed by atoms with E-state index in [2.05, 4.69) is 23.0 Å². The molecule has 0 saturated carbocycles. The number of allylic oxidation sites excluding steroid dienone is 2. The molecule has 0 amide bonds. The van der Waals surface area contributed by atoms with Crippen LogP contribution >= 0.6 is 0 Å². The third-order valence-electron chi connectivity index (χ3n) is 1.97. The lowest BCUT2D eigenvalue weighted by Crippen LogP contribution is -2.27. The molecule has 0 aliphatic carbocycles. The first-order valence-corrected chi connectivity index (χ1v) is 3.66. The third kappa shape index (κ3) is 0.843. The number of rotatable bonds is 0. The molecule has 0 bridgehead atoms. The number of fused-ring (bicyclic) bond motifs is 1. The minimum atomic E-state index is 0.785. The average Bonchev–Trinajstić information content (AvgIpc) is 2.35. The molecular weight excluding hydrogens is 138 g/mol. The van der Waals surface area contributed by atoms with Crippen LogP contribution in [-0.4, -0.2) is 36.4 Å². The molecule has 2 aliphatic heterocycles. The van der Waals surface area contributed by atoms with E-state index in [0.29, 0.717) is 0 Å². The van der Waals surface area contributed by atoms with E-state index >= 15 is 0 Å². The van der Waals surface area contributed by atoms with Gasteiger partial charge < -0.3 is 9.80 Å². The van der Waals surface area contributed by atoms with Crippen LogP contribution in [0, 0.1) is 0 Å². The zero-order valence-electron chi connectivity index (χ0n) is 6.78. The van der Waals surface area contributed by atoms with Gasteiger partial charge in [0.25, 0.3) is 0 Å². The predicted octanol–water partition coefficient (Wildman–Crippen LogP) is 0.631. The molecule has 0 spiro atoms. The van der Waals surface area contributed by atoms with E-state index in [1.807, 2.05) is 24.2 Å². The molecule has 0 unspecified atom stereocenters. The molecule has 3 nitrogen and oxygen atoms in total. The van der Waals surface area contributed by atoms with Gasteiger partial charge in [0.05, 0.1) is 5.70 Å². The van der Waals surface area contributed by atoms with E-state index < -0.39 is 0 Å². The molecule has 3 heteroatoms. The van der Waals surface area contributed by atoms with Gasteiger partial charge in [-0.1, -0.05) is 0 Å². The van der Waals surface area contributed by atoms with E-state index in [1.54, 1.807) is 0 Å². The van der Waals surface area contributed by atoms with E-state index in [9.17, 15) is 0 Å². The van der Waals surface area contributed by atoms with Crippen LogP contribution < -0.4 is 0 Å². The second-order valence-electron chi connectivity index (χ2n) is 2.83. The molecular formula is C8H11N3. The Hall–Kier alpha value is -1.25. The van der Waals surface area contributed by atoms with Gasteiger partial charge in [0.2, 0.25) is 0 Å². The fraction of sp³-hybridized carbons (Fsp3) is 0.375. The van der Waals surface area contributed by atoms with Crippen LogP contribution in [0.5, 0.6) is 0 Å². The summed E-state index contributed by atoms with van der Waals surface area (Å²) in [7, 11) is 4.07. The largest absolute Gasteiger partial charge is 0.352 e. The minimum Gasteiger partial charge on any atom is -0.352 e. The van der Waals surface area contributed by atoms with E-state index in [0.717, 1.165) is 12.5 Å². The minimum absolute atomic E-state index is 0.785. The number of aliphatic imine (C=N–C) groups is 1. The molecule has 2 heterocycles. The monoisotopic (exact) mass is 149 g/mol. The maximum Gasteiger partial charge on any atom is 0.153 e. The summed E-state index contributed by atoms with van der Waals surface area (Å²) >= 11 is 0. The summed E-state index contributed by atoms with van der Waals surface area (Å²) in [5.74, 6) is 1.08. The highest BCUT2D eigenvalue weighted by molar-refractivity contribution is 6.00. The molecule has 2 rings (SSSR count). The first-order chi connectivity index (χ1) is 5.29.